The van der Waals surface area contributed by atoms with Gasteiger partial charge in [0.25, 0.3) is 5.56 Å². The minimum Gasteiger partial charge on any atom is -0.372 e. The topological polar surface area (TPSA) is 44.1 Å². The molecule has 1 atom stereocenters. The Hall–Kier alpha value is -1.63. The van der Waals surface area contributed by atoms with E-state index in [2.05, 4.69) is 33.8 Å². The van der Waals surface area contributed by atoms with Crippen LogP contribution in [0.15, 0.2) is 34.2 Å². The maximum absolute atomic E-state index is 13.7. The molecule has 0 N–H and O–H groups in total. The van der Waals surface area contributed by atoms with Crippen molar-refractivity contribution in [2.24, 2.45) is 5.92 Å². The normalized spacial score (nSPS) is 16.9. The van der Waals surface area contributed by atoms with Crippen LogP contribution in [0, 0.1) is 12.8 Å². The zero-order valence-corrected chi connectivity index (χ0v) is 18.6. The molecule has 4 rings (SSSR count). The second-order valence-corrected chi connectivity index (χ2v) is 10.6. The zero-order chi connectivity index (χ0) is 20.0. The molecule has 0 bridgehead atoms. The van der Waals surface area contributed by atoms with E-state index in [1.165, 1.54) is 0 Å². The summed E-state index contributed by atoms with van der Waals surface area (Å²) in [6.07, 6.45) is 0.941. The molecule has 1 aromatic carbocycles. The lowest BCUT2D eigenvalue weighted by Gasteiger charge is -2.26. The summed E-state index contributed by atoms with van der Waals surface area (Å²) in [5.74, 6) is 0.422. The van der Waals surface area contributed by atoms with Crippen LogP contribution in [0.3, 0.4) is 0 Å². The van der Waals surface area contributed by atoms with E-state index >= 15 is 0 Å². The molecule has 1 unspecified atom stereocenters. The Morgan fingerprint density at radius 1 is 1.29 bits per heavy atom. The number of hydrogen-bond acceptors (Lipinski definition) is 5. The van der Waals surface area contributed by atoms with Gasteiger partial charge in [-0.05, 0) is 36.1 Å². The number of hydrogen-bond donors (Lipinski definition) is 0. The second kappa shape index (κ2) is 7.65. The fraction of sp³-hybridized carbons (Fsp3) is 0.455. The van der Waals surface area contributed by atoms with Gasteiger partial charge in [0.05, 0.1) is 23.8 Å². The van der Waals surface area contributed by atoms with Gasteiger partial charge in [0.1, 0.15) is 4.83 Å². The average Bonchev–Trinajstić information content (AvgIpc) is 2.98. The third-order valence-corrected chi connectivity index (χ3v) is 7.11. The van der Waals surface area contributed by atoms with Crippen LogP contribution in [-0.2, 0) is 17.8 Å². The van der Waals surface area contributed by atoms with Crippen LogP contribution >= 0.6 is 23.1 Å². The third-order valence-electron chi connectivity index (χ3n) is 5.06. The van der Waals surface area contributed by atoms with Gasteiger partial charge < -0.3 is 4.74 Å². The molecule has 2 aromatic heterocycles. The van der Waals surface area contributed by atoms with Gasteiger partial charge in [-0.3, -0.25) is 9.36 Å². The Morgan fingerprint density at radius 3 is 2.75 bits per heavy atom. The summed E-state index contributed by atoms with van der Waals surface area (Å²) >= 11 is 3.25. The smallest absolute Gasteiger partial charge is 0.267 e. The second-order valence-electron chi connectivity index (χ2n) is 8.02. The van der Waals surface area contributed by atoms with Crippen molar-refractivity contribution in [2.45, 2.75) is 64.2 Å². The Kier molecular flexibility index (Phi) is 5.38. The van der Waals surface area contributed by atoms with E-state index in [1.807, 2.05) is 25.1 Å². The van der Waals surface area contributed by atoms with Gasteiger partial charge in [0.2, 0.25) is 0 Å². The molecule has 3 heterocycles. The van der Waals surface area contributed by atoms with Crippen molar-refractivity contribution in [1.82, 2.24) is 9.55 Å². The van der Waals surface area contributed by atoms with E-state index in [1.54, 1.807) is 27.7 Å². The molecule has 0 amide bonds. The number of ether oxygens (including phenoxy) is 1. The van der Waals surface area contributed by atoms with Crippen molar-refractivity contribution in [3.8, 4) is 5.69 Å². The summed E-state index contributed by atoms with van der Waals surface area (Å²) in [6, 6.07) is 8.09. The molecule has 0 saturated carbocycles. The number of aromatic nitrogens is 2. The lowest BCUT2D eigenvalue weighted by Crippen LogP contribution is -2.28. The molecule has 0 saturated heterocycles. The molecule has 0 aliphatic carbocycles. The van der Waals surface area contributed by atoms with Crippen LogP contribution in [-0.4, -0.2) is 20.9 Å². The van der Waals surface area contributed by atoms with Crippen molar-refractivity contribution < 1.29 is 4.74 Å². The molecule has 0 spiro atoms. The molecule has 28 heavy (non-hydrogen) atoms. The lowest BCUT2D eigenvalue weighted by molar-refractivity contribution is 0.00200. The van der Waals surface area contributed by atoms with Crippen molar-refractivity contribution in [1.29, 1.82) is 0 Å². The number of thiophene rings is 1. The van der Waals surface area contributed by atoms with Crippen molar-refractivity contribution in [2.75, 3.05) is 0 Å². The summed E-state index contributed by atoms with van der Waals surface area (Å²) in [7, 11) is 0. The van der Waals surface area contributed by atoms with E-state index in [9.17, 15) is 4.79 Å². The number of nitrogens with zero attached hydrogens (tertiary/aromatic N) is 2. The first kappa shape index (κ1) is 19.7. The van der Waals surface area contributed by atoms with E-state index in [-0.39, 0.29) is 11.7 Å². The molecule has 1 aliphatic heterocycles. The van der Waals surface area contributed by atoms with E-state index in [0.717, 1.165) is 43.5 Å². The standard InChI is InChI=1S/C22H26N2O2S2/c1-12(2)17-10-16-18(11-26-17)28-20-19(16)21(25)24(22(23-20)27-13(3)4)15-8-6-7-14(5)9-15/h6-9,12-13,17H,10-11H2,1-5H3. The Morgan fingerprint density at radius 2 is 2.07 bits per heavy atom. The zero-order valence-electron chi connectivity index (χ0n) is 17.0. The van der Waals surface area contributed by atoms with Gasteiger partial charge in [-0.2, -0.15) is 0 Å². The van der Waals surface area contributed by atoms with Crippen molar-refractivity contribution >= 4 is 33.3 Å². The molecule has 4 nitrogen and oxygen atoms in total. The maximum atomic E-state index is 13.7. The van der Waals surface area contributed by atoms with Crippen LogP contribution in [0.25, 0.3) is 15.9 Å². The molecule has 6 heteroatoms. The van der Waals surface area contributed by atoms with Crippen LogP contribution in [0.4, 0.5) is 0 Å². The van der Waals surface area contributed by atoms with Crippen molar-refractivity contribution in [3.63, 3.8) is 0 Å². The molecule has 0 fully saturated rings. The average molecular weight is 415 g/mol. The minimum absolute atomic E-state index is 0.0423. The highest BCUT2D eigenvalue weighted by Crippen LogP contribution is 2.36. The number of benzene rings is 1. The van der Waals surface area contributed by atoms with Crippen LogP contribution in [0.2, 0.25) is 0 Å². The van der Waals surface area contributed by atoms with Gasteiger partial charge in [-0.25, -0.2) is 4.98 Å². The maximum Gasteiger partial charge on any atom is 0.267 e. The fourth-order valence-corrected chi connectivity index (χ4v) is 5.65. The SMILES string of the molecule is Cc1cccc(-n2c(SC(C)C)nc3sc4c(c3c2=O)CC(C(C)C)OC4)c1. The molecule has 0 radical (unpaired) electrons. The number of rotatable bonds is 4. The van der Waals surface area contributed by atoms with Crippen LogP contribution in [0.1, 0.15) is 43.7 Å². The van der Waals surface area contributed by atoms with Crippen molar-refractivity contribution in [3.05, 3.63) is 50.6 Å². The predicted molar refractivity (Wildman–Crippen MR) is 118 cm³/mol. The first-order valence-electron chi connectivity index (χ1n) is 9.77. The van der Waals surface area contributed by atoms with Gasteiger partial charge in [-0.15, -0.1) is 11.3 Å². The molecule has 148 valence electrons. The highest BCUT2D eigenvalue weighted by molar-refractivity contribution is 7.99. The minimum atomic E-state index is 0.0423. The number of aryl methyl sites for hydroxylation is 1. The highest BCUT2D eigenvalue weighted by Gasteiger charge is 2.28. The van der Waals surface area contributed by atoms with E-state index in [4.69, 9.17) is 9.72 Å². The molecular formula is C22H26N2O2S2. The monoisotopic (exact) mass is 414 g/mol. The largest absolute Gasteiger partial charge is 0.372 e. The van der Waals surface area contributed by atoms with E-state index in [0.29, 0.717) is 17.8 Å². The molecular weight excluding hydrogens is 388 g/mol. The number of fused-ring (bicyclic) bond motifs is 3. The first-order valence-corrected chi connectivity index (χ1v) is 11.5. The molecule has 3 aromatic rings. The fourth-order valence-electron chi connectivity index (χ4n) is 3.62. The Bertz CT molecular complexity index is 1080. The summed E-state index contributed by atoms with van der Waals surface area (Å²) in [5, 5.41) is 1.88. The summed E-state index contributed by atoms with van der Waals surface area (Å²) in [5.41, 5.74) is 3.20. The lowest BCUT2D eigenvalue weighted by atomic mass is 9.96. The van der Waals surface area contributed by atoms with E-state index < -0.39 is 0 Å². The van der Waals surface area contributed by atoms with Crippen LogP contribution in [0.5, 0.6) is 0 Å². The Labute approximate surface area is 174 Å². The summed E-state index contributed by atoms with van der Waals surface area (Å²) in [6.45, 7) is 11.2. The summed E-state index contributed by atoms with van der Waals surface area (Å²) in [4.78, 5) is 20.7. The number of thioether (sulfide) groups is 1. The third kappa shape index (κ3) is 3.53. The highest BCUT2D eigenvalue weighted by atomic mass is 32.2. The quantitative estimate of drug-likeness (QED) is 0.426. The van der Waals surface area contributed by atoms with Crippen LogP contribution < -0.4 is 5.56 Å². The summed E-state index contributed by atoms with van der Waals surface area (Å²) < 4.78 is 7.83. The molecule has 1 aliphatic rings. The Balaban J connectivity index is 1.97. The van der Waals surface area contributed by atoms with Gasteiger partial charge in [-0.1, -0.05) is 51.6 Å². The first-order chi connectivity index (χ1) is 13.3. The van der Waals surface area contributed by atoms with Gasteiger partial charge >= 0.3 is 0 Å². The van der Waals surface area contributed by atoms with Gasteiger partial charge in [0, 0.05) is 16.5 Å². The van der Waals surface area contributed by atoms with Gasteiger partial charge in [0.15, 0.2) is 5.16 Å². The predicted octanol–water partition coefficient (Wildman–Crippen LogP) is 5.35.